The first-order chi connectivity index (χ1) is 10.9. The van der Waals surface area contributed by atoms with Gasteiger partial charge in [0.05, 0.1) is 4.90 Å². The Kier molecular flexibility index (Phi) is 5.59. The summed E-state index contributed by atoms with van der Waals surface area (Å²) in [7, 11) is -2.01. The van der Waals surface area contributed by atoms with Crippen LogP contribution in [-0.4, -0.2) is 44.8 Å². The molecule has 0 bridgehead atoms. The number of sulfonamides is 1. The van der Waals surface area contributed by atoms with E-state index in [1.165, 1.54) is 11.2 Å². The zero-order valence-electron chi connectivity index (χ0n) is 13.9. The highest BCUT2D eigenvalue weighted by atomic mass is 35.5. The van der Waals surface area contributed by atoms with Crippen LogP contribution in [0.4, 0.5) is 5.69 Å². The number of anilines is 1. The first kappa shape index (κ1) is 19.2. The highest BCUT2D eigenvalue weighted by Crippen LogP contribution is 2.37. The number of hydrogen-bond donors (Lipinski definition) is 1. The number of halogens is 1. The second-order valence-corrected chi connectivity index (χ2v) is 8.37. The number of fused-ring (bicyclic) bond motifs is 1. The van der Waals surface area contributed by atoms with Crippen LogP contribution in [0.25, 0.3) is 0 Å². The molecule has 0 saturated heterocycles. The molecule has 0 aromatic heterocycles. The maximum absolute atomic E-state index is 12.9. The Hall–Kier alpha value is -1.15. The van der Waals surface area contributed by atoms with Crippen molar-refractivity contribution < 1.29 is 13.2 Å². The minimum absolute atomic E-state index is 0. The van der Waals surface area contributed by atoms with Gasteiger partial charge in [-0.2, -0.15) is 4.31 Å². The highest BCUT2D eigenvalue weighted by Gasteiger charge is 2.38. The fourth-order valence-electron chi connectivity index (χ4n) is 3.31. The summed E-state index contributed by atoms with van der Waals surface area (Å²) in [6.45, 7) is 2.43. The monoisotopic (exact) mass is 373 g/mol. The lowest BCUT2D eigenvalue weighted by Crippen LogP contribution is -2.43. The van der Waals surface area contributed by atoms with Crippen molar-refractivity contribution >= 4 is 34.0 Å². The summed E-state index contributed by atoms with van der Waals surface area (Å²) in [4.78, 5) is 13.6. The molecule has 3 rings (SSSR count). The Morgan fingerprint density at radius 2 is 2.08 bits per heavy atom. The first-order valence-corrected chi connectivity index (χ1v) is 9.39. The number of benzene rings is 1. The van der Waals surface area contributed by atoms with Gasteiger partial charge in [-0.25, -0.2) is 8.42 Å². The molecule has 1 aliphatic carbocycles. The van der Waals surface area contributed by atoms with Crippen molar-refractivity contribution in [3.8, 4) is 0 Å². The van der Waals surface area contributed by atoms with Crippen LogP contribution in [0.1, 0.15) is 25.3 Å². The molecule has 0 spiro atoms. The Bertz CT molecular complexity index is 734. The third-order valence-corrected chi connectivity index (χ3v) is 6.76. The molecule has 1 saturated carbocycles. The summed E-state index contributed by atoms with van der Waals surface area (Å²) < 4.78 is 27.2. The third kappa shape index (κ3) is 3.31. The lowest BCUT2D eigenvalue weighted by atomic mass is 10.2. The third-order valence-electron chi connectivity index (χ3n) is 4.88. The second-order valence-electron chi connectivity index (χ2n) is 6.37. The van der Waals surface area contributed by atoms with Gasteiger partial charge in [0.2, 0.25) is 15.9 Å². The number of hydrogen-bond acceptors (Lipinski definition) is 4. The van der Waals surface area contributed by atoms with E-state index in [0.717, 1.165) is 24.8 Å². The molecule has 1 heterocycles. The van der Waals surface area contributed by atoms with Gasteiger partial charge in [-0.15, -0.1) is 12.4 Å². The maximum Gasteiger partial charge on any atom is 0.243 e. The quantitative estimate of drug-likeness (QED) is 0.845. The van der Waals surface area contributed by atoms with Gasteiger partial charge in [-0.05, 0) is 42.9 Å². The molecule has 1 atom stereocenters. The van der Waals surface area contributed by atoms with E-state index in [1.807, 2.05) is 6.07 Å². The van der Waals surface area contributed by atoms with E-state index in [0.29, 0.717) is 24.7 Å². The Morgan fingerprint density at radius 1 is 1.42 bits per heavy atom. The minimum Gasteiger partial charge on any atom is -0.329 e. The van der Waals surface area contributed by atoms with Crippen LogP contribution in [0.3, 0.4) is 0 Å². The van der Waals surface area contributed by atoms with E-state index < -0.39 is 10.0 Å². The second kappa shape index (κ2) is 7.00. The summed E-state index contributed by atoms with van der Waals surface area (Å²) in [5, 5.41) is 0. The van der Waals surface area contributed by atoms with Gasteiger partial charge >= 0.3 is 0 Å². The largest absolute Gasteiger partial charge is 0.329 e. The van der Waals surface area contributed by atoms with Gasteiger partial charge < -0.3 is 10.6 Å². The number of rotatable bonds is 5. The highest BCUT2D eigenvalue weighted by molar-refractivity contribution is 7.89. The number of carbonyl (C=O) groups is 1. The SMILES string of the molecule is CC(=O)N1CCc2ccc(S(=O)(=O)N(C)C(CN)C3CC3)cc21.Cl. The van der Waals surface area contributed by atoms with Crippen LogP contribution in [0.15, 0.2) is 23.1 Å². The molecule has 1 aliphatic heterocycles. The minimum atomic E-state index is -3.61. The van der Waals surface area contributed by atoms with Crippen molar-refractivity contribution in [1.29, 1.82) is 0 Å². The molecule has 134 valence electrons. The molecule has 24 heavy (non-hydrogen) atoms. The van der Waals surface area contributed by atoms with E-state index in [1.54, 1.807) is 24.1 Å². The topological polar surface area (TPSA) is 83.7 Å². The van der Waals surface area contributed by atoms with Crippen LogP contribution in [0.5, 0.6) is 0 Å². The van der Waals surface area contributed by atoms with E-state index in [4.69, 9.17) is 5.73 Å². The number of carbonyl (C=O) groups excluding carboxylic acids is 1. The summed E-state index contributed by atoms with van der Waals surface area (Å²) in [5.74, 6) is 0.299. The van der Waals surface area contributed by atoms with Crippen LogP contribution in [0, 0.1) is 5.92 Å². The zero-order chi connectivity index (χ0) is 16.8. The summed E-state index contributed by atoms with van der Waals surface area (Å²) in [5.41, 5.74) is 7.51. The van der Waals surface area contributed by atoms with E-state index >= 15 is 0 Å². The zero-order valence-corrected chi connectivity index (χ0v) is 15.6. The maximum atomic E-state index is 12.9. The van der Waals surface area contributed by atoms with Crippen LogP contribution >= 0.6 is 12.4 Å². The van der Waals surface area contributed by atoms with Crippen LogP contribution in [0.2, 0.25) is 0 Å². The molecule has 2 aliphatic rings. The van der Waals surface area contributed by atoms with Crippen molar-refractivity contribution in [2.24, 2.45) is 11.7 Å². The molecule has 1 unspecified atom stereocenters. The van der Waals surface area contributed by atoms with Gasteiger partial charge in [-0.3, -0.25) is 4.79 Å². The molecule has 1 amide bonds. The van der Waals surface area contributed by atoms with E-state index in [2.05, 4.69) is 0 Å². The molecule has 2 N–H and O–H groups in total. The summed E-state index contributed by atoms with van der Waals surface area (Å²) in [6.07, 6.45) is 2.83. The van der Waals surface area contributed by atoms with Crippen LogP contribution in [-0.2, 0) is 21.2 Å². The number of amides is 1. The van der Waals surface area contributed by atoms with Crippen molar-refractivity contribution in [1.82, 2.24) is 4.31 Å². The molecular weight excluding hydrogens is 350 g/mol. The predicted octanol–water partition coefficient (Wildman–Crippen LogP) is 1.38. The van der Waals surface area contributed by atoms with Gasteiger partial charge in [-0.1, -0.05) is 6.07 Å². The average Bonchev–Trinajstić information content (AvgIpc) is 3.25. The Morgan fingerprint density at radius 3 is 2.62 bits per heavy atom. The average molecular weight is 374 g/mol. The van der Waals surface area contributed by atoms with Gasteiger partial charge in [0.15, 0.2) is 0 Å². The molecule has 8 heteroatoms. The molecule has 1 aromatic rings. The lowest BCUT2D eigenvalue weighted by Gasteiger charge is -2.26. The molecule has 1 fully saturated rings. The van der Waals surface area contributed by atoms with E-state index in [9.17, 15) is 13.2 Å². The van der Waals surface area contributed by atoms with Crippen molar-refractivity contribution in [2.45, 2.75) is 37.1 Å². The molecule has 6 nitrogen and oxygen atoms in total. The van der Waals surface area contributed by atoms with Gasteiger partial charge in [0, 0.05) is 38.8 Å². The van der Waals surface area contributed by atoms with Crippen molar-refractivity contribution in [3.05, 3.63) is 23.8 Å². The Labute approximate surface area is 149 Å². The van der Waals surface area contributed by atoms with Crippen molar-refractivity contribution in [2.75, 3.05) is 25.0 Å². The van der Waals surface area contributed by atoms with Crippen LogP contribution < -0.4 is 10.6 Å². The standard InChI is InChI=1S/C16H23N3O3S.ClH/c1-11(20)19-8-7-13-5-6-14(9-15(13)19)23(21,22)18(2)16(10-17)12-3-4-12;/h5-6,9,12,16H,3-4,7-8,10,17H2,1-2H3;1H. The number of nitrogens with two attached hydrogens (primary N) is 1. The van der Waals surface area contributed by atoms with E-state index in [-0.39, 0.29) is 29.3 Å². The predicted molar refractivity (Wildman–Crippen MR) is 95.9 cm³/mol. The number of nitrogens with zero attached hydrogens (tertiary/aromatic N) is 2. The van der Waals surface area contributed by atoms with Gasteiger partial charge in [0.25, 0.3) is 0 Å². The Balaban J connectivity index is 0.00000208. The smallest absolute Gasteiger partial charge is 0.243 e. The normalized spacial score (nSPS) is 18.2. The first-order valence-electron chi connectivity index (χ1n) is 7.95. The molecule has 0 radical (unpaired) electrons. The fraction of sp³-hybridized carbons (Fsp3) is 0.562. The van der Waals surface area contributed by atoms with Crippen molar-refractivity contribution in [3.63, 3.8) is 0 Å². The number of likely N-dealkylation sites (N-methyl/N-ethyl adjacent to an activating group) is 1. The summed E-state index contributed by atoms with van der Waals surface area (Å²) in [6, 6.07) is 4.91. The summed E-state index contributed by atoms with van der Waals surface area (Å²) >= 11 is 0. The lowest BCUT2D eigenvalue weighted by molar-refractivity contribution is -0.116. The van der Waals surface area contributed by atoms with Gasteiger partial charge in [0.1, 0.15) is 0 Å². The fourth-order valence-corrected chi connectivity index (χ4v) is 4.76. The molecular formula is C16H24ClN3O3S. The molecule has 1 aromatic carbocycles.